The second kappa shape index (κ2) is 7.35. The molecule has 0 radical (unpaired) electrons. The normalized spacial score (nSPS) is 10.9. The van der Waals surface area contributed by atoms with E-state index in [0.717, 1.165) is 21.6 Å². The minimum Gasteiger partial charge on any atom is -0.350 e. The van der Waals surface area contributed by atoms with Crippen LogP contribution in [-0.4, -0.2) is 27.2 Å². The number of carbonyl (C=O) groups is 1. The molecule has 0 aliphatic carbocycles. The summed E-state index contributed by atoms with van der Waals surface area (Å²) in [7, 11) is 0. The predicted octanol–water partition coefficient (Wildman–Crippen LogP) is 2.24. The largest absolute Gasteiger partial charge is 0.350 e. The van der Waals surface area contributed by atoms with Gasteiger partial charge in [0, 0.05) is 25.6 Å². The molecule has 0 aliphatic rings. The minimum absolute atomic E-state index is 0.192. The molecule has 1 N–H and O–H groups in total. The van der Waals surface area contributed by atoms with Gasteiger partial charge in [0.15, 0.2) is 0 Å². The molecule has 6 nitrogen and oxygen atoms in total. The van der Waals surface area contributed by atoms with Gasteiger partial charge in [0.25, 0.3) is 11.5 Å². The summed E-state index contributed by atoms with van der Waals surface area (Å²) in [6.45, 7) is 2.94. The van der Waals surface area contributed by atoms with Gasteiger partial charge in [-0.25, -0.2) is 9.67 Å². The van der Waals surface area contributed by atoms with E-state index in [2.05, 4.69) is 15.4 Å². The van der Waals surface area contributed by atoms with Crippen LogP contribution >= 0.6 is 11.3 Å². The van der Waals surface area contributed by atoms with E-state index in [9.17, 15) is 9.59 Å². The highest BCUT2D eigenvalue weighted by atomic mass is 32.1. The number of fused-ring (bicyclic) bond motifs is 1. The van der Waals surface area contributed by atoms with E-state index in [4.69, 9.17) is 0 Å². The standard InChI is InChI=1S/C17H18N4O2S/c1-2-11-21-16(22)8-7-13(20-21)17(23)18-10-9-15-19-12-5-3-4-6-14(12)24-15/h3-8H,2,9-11H2,1H3,(H,18,23). The molecule has 2 aromatic heterocycles. The van der Waals surface area contributed by atoms with Gasteiger partial charge in [-0.2, -0.15) is 5.10 Å². The van der Waals surface area contributed by atoms with Crippen molar-refractivity contribution in [3.63, 3.8) is 0 Å². The summed E-state index contributed by atoms with van der Waals surface area (Å²) in [4.78, 5) is 28.3. The zero-order valence-corrected chi connectivity index (χ0v) is 14.2. The van der Waals surface area contributed by atoms with E-state index in [1.54, 1.807) is 11.3 Å². The lowest BCUT2D eigenvalue weighted by Crippen LogP contribution is -2.30. The molecule has 0 saturated heterocycles. The molecule has 1 amide bonds. The monoisotopic (exact) mass is 342 g/mol. The van der Waals surface area contributed by atoms with Crippen LogP contribution < -0.4 is 10.9 Å². The number of rotatable bonds is 6. The van der Waals surface area contributed by atoms with Crippen molar-refractivity contribution in [3.05, 3.63) is 57.5 Å². The van der Waals surface area contributed by atoms with Gasteiger partial charge in [0.2, 0.25) is 0 Å². The number of nitrogens with zero attached hydrogens (tertiary/aromatic N) is 3. The molecule has 0 unspecified atom stereocenters. The maximum atomic E-state index is 12.2. The fraction of sp³-hybridized carbons (Fsp3) is 0.294. The first-order valence-electron chi connectivity index (χ1n) is 7.88. The third-order valence-corrected chi connectivity index (χ3v) is 4.59. The number of benzene rings is 1. The van der Waals surface area contributed by atoms with Crippen LogP contribution in [0.2, 0.25) is 0 Å². The van der Waals surface area contributed by atoms with E-state index in [1.165, 1.54) is 16.8 Å². The molecule has 0 aliphatic heterocycles. The quantitative estimate of drug-likeness (QED) is 0.745. The zero-order chi connectivity index (χ0) is 16.9. The number of aromatic nitrogens is 3. The molecular formula is C17H18N4O2S. The highest BCUT2D eigenvalue weighted by Crippen LogP contribution is 2.21. The van der Waals surface area contributed by atoms with E-state index in [1.807, 2.05) is 31.2 Å². The molecule has 24 heavy (non-hydrogen) atoms. The average Bonchev–Trinajstić information content (AvgIpc) is 2.99. The van der Waals surface area contributed by atoms with Crippen LogP contribution in [0, 0.1) is 0 Å². The van der Waals surface area contributed by atoms with E-state index >= 15 is 0 Å². The van der Waals surface area contributed by atoms with Crippen molar-refractivity contribution >= 4 is 27.5 Å². The van der Waals surface area contributed by atoms with E-state index < -0.39 is 0 Å². The Morgan fingerprint density at radius 1 is 1.25 bits per heavy atom. The Hall–Kier alpha value is -2.54. The number of amides is 1. The number of carbonyl (C=O) groups excluding carboxylic acids is 1. The summed E-state index contributed by atoms with van der Waals surface area (Å²) >= 11 is 1.63. The smallest absolute Gasteiger partial charge is 0.271 e. The lowest BCUT2D eigenvalue weighted by atomic mass is 10.3. The molecule has 3 aromatic rings. The summed E-state index contributed by atoms with van der Waals surface area (Å²) in [5, 5.41) is 7.92. The van der Waals surface area contributed by atoms with Crippen molar-refractivity contribution in [1.82, 2.24) is 20.1 Å². The molecule has 3 rings (SSSR count). The first kappa shape index (κ1) is 16.3. The fourth-order valence-electron chi connectivity index (χ4n) is 2.34. The summed E-state index contributed by atoms with van der Waals surface area (Å²) < 4.78 is 2.47. The predicted molar refractivity (Wildman–Crippen MR) is 94.4 cm³/mol. The Kier molecular flexibility index (Phi) is 5.00. The van der Waals surface area contributed by atoms with Crippen LogP contribution in [0.3, 0.4) is 0 Å². The lowest BCUT2D eigenvalue weighted by Gasteiger charge is -2.06. The molecule has 0 bridgehead atoms. The fourth-order valence-corrected chi connectivity index (χ4v) is 3.31. The Morgan fingerprint density at radius 2 is 2.08 bits per heavy atom. The number of aryl methyl sites for hydroxylation is 1. The zero-order valence-electron chi connectivity index (χ0n) is 13.4. The Labute approximate surface area is 143 Å². The molecule has 7 heteroatoms. The Bertz CT molecular complexity index is 883. The van der Waals surface area contributed by atoms with Gasteiger partial charge in [0.1, 0.15) is 5.69 Å². The van der Waals surface area contributed by atoms with Crippen LogP contribution in [-0.2, 0) is 13.0 Å². The number of para-hydroxylation sites is 1. The van der Waals surface area contributed by atoms with Gasteiger partial charge in [-0.1, -0.05) is 19.1 Å². The van der Waals surface area contributed by atoms with Gasteiger partial charge in [-0.05, 0) is 24.6 Å². The van der Waals surface area contributed by atoms with Crippen LogP contribution in [0.4, 0.5) is 0 Å². The molecular weight excluding hydrogens is 324 g/mol. The maximum Gasteiger partial charge on any atom is 0.271 e. The van der Waals surface area contributed by atoms with Gasteiger partial charge in [0.05, 0.1) is 15.2 Å². The Morgan fingerprint density at radius 3 is 2.88 bits per heavy atom. The molecule has 0 spiro atoms. The first-order valence-corrected chi connectivity index (χ1v) is 8.70. The summed E-state index contributed by atoms with van der Waals surface area (Å²) in [6, 6.07) is 10.8. The SMILES string of the molecule is CCCn1nc(C(=O)NCCc2nc3ccccc3s2)ccc1=O. The van der Waals surface area contributed by atoms with Crippen molar-refractivity contribution in [2.75, 3.05) is 6.54 Å². The van der Waals surface area contributed by atoms with Crippen LogP contribution in [0.1, 0.15) is 28.8 Å². The first-order chi connectivity index (χ1) is 11.7. The minimum atomic E-state index is -0.277. The molecule has 124 valence electrons. The van der Waals surface area contributed by atoms with E-state index in [0.29, 0.717) is 19.5 Å². The summed E-state index contributed by atoms with van der Waals surface area (Å²) in [5.41, 5.74) is 1.05. The molecule has 1 aromatic carbocycles. The van der Waals surface area contributed by atoms with Crippen molar-refractivity contribution in [1.29, 1.82) is 0 Å². The summed E-state index contributed by atoms with van der Waals surface area (Å²) in [6.07, 6.45) is 1.45. The number of thiazole rings is 1. The molecule has 0 saturated carbocycles. The van der Waals surface area contributed by atoms with Gasteiger partial charge < -0.3 is 5.32 Å². The van der Waals surface area contributed by atoms with Gasteiger partial charge in [-0.3, -0.25) is 9.59 Å². The second-order valence-electron chi connectivity index (χ2n) is 5.36. The lowest BCUT2D eigenvalue weighted by molar-refractivity contribution is 0.0946. The number of nitrogens with one attached hydrogen (secondary N) is 1. The average molecular weight is 342 g/mol. The molecule has 0 fully saturated rings. The summed E-state index contributed by atoms with van der Waals surface area (Å²) in [5.74, 6) is -0.277. The van der Waals surface area contributed by atoms with Crippen molar-refractivity contribution in [3.8, 4) is 0 Å². The van der Waals surface area contributed by atoms with Gasteiger partial charge >= 0.3 is 0 Å². The van der Waals surface area contributed by atoms with Crippen LogP contribution in [0.5, 0.6) is 0 Å². The van der Waals surface area contributed by atoms with Crippen LogP contribution in [0.25, 0.3) is 10.2 Å². The van der Waals surface area contributed by atoms with Crippen LogP contribution in [0.15, 0.2) is 41.2 Å². The number of hydrogen-bond donors (Lipinski definition) is 1. The molecule has 0 atom stereocenters. The molecule has 2 heterocycles. The third kappa shape index (κ3) is 3.68. The van der Waals surface area contributed by atoms with Crippen molar-refractivity contribution in [2.45, 2.75) is 26.3 Å². The topological polar surface area (TPSA) is 76.9 Å². The van der Waals surface area contributed by atoms with E-state index in [-0.39, 0.29) is 17.2 Å². The van der Waals surface area contributed by atoms with Crippen molar-refractivity contribution in [2.24, 2.45) is 0 Å². The highest BCUT2D eigenvalue weighted by Gasteiger charge is 2.10. The third-order valence-electron chi connectivity index (χ3n) is 3.50. The maximum absolute atomic E-state index is 12.2. The number of hydrogen-bond acceptors (Lipinski definition) is 5. The highest BCUT2D eigenvalue weighted by molar-refractivity contribution is 7.18. The Balaban J connectivity index is 1.61. The second-order valence-corrected chi connectivity index (χ2v) is 6.48. The van der Waals surface area contributed by atoms with Crippen molar-refractivity contribution < 1.29 is 4.79 Å². The van der Waals surface area contributed by atoms with Gasteiger partial charge in [-0.15, -0.1) is 11.3 Å².